The standard InChI is InChI=1S/C17H18FN3O2/c1-11-5-6-14(15(9-11)20-16(22)7-8-19)21-17(23)12-3-2-4-13(18)10-12/h2-6,9-10H,7-8,19H2,1H3,(H,20,22)(H,21,23). The summed E-state index contributed by atoms with van der Waals surface area (Å²) in [5.74, 6) is -1.18. The Morgan fingerprint density at radius 3 is 2.57 bits per heavy atom. The maximum atomic E-state index is 13.2. The zero-order valence-electron chi connectivity index (χ0n) is 12.7. The molecule has 2 rings (SSSR count). The molecule has 120 valence electrons. The Bertz CT molecular complexity index is 732. The van der Waals surface area contributed by atoms with E-state index in [1.165, 1.54) is 18.2 Å². The second-order valence-corrected chi connectivity index (χ2v) is 5.10. The van der Waals surface area contributed by atoms with Crippen LogP contribution >= 0.6 is 0 Å². The molecule has 4 N–H and O–H groups in total. The lowest BCUT2D eigenvalue weighted by atomic mass is 10.1. The molecule has 0 unspecified atom stereocenters. The van der Waals surface area contributed by atoms with E-state index in [-0.39, 0.29) is 24.4 Å². The monoisotopic (exact) mass is 315 g/mol. The fourth-order valence-electron chi connectivity index (χ4n) is 2.04. The summed E-state index contributed by atoms with van der Waals surface area (Å²) in [6.07, 6.45) is 0.186. The highest BCUT2D eigenvalue weighted by Gasteiger charge is 2.12. The highest BCUT2D eigenvalue weighted by atomic mass is 19.1. The van der Waals surface area contributed by atoms with Crippen LogP contribution < -0.4 is 16.4 Å². The summed E-state index contributed by atoms with van der Waals surface area (Å²) < 4.78 is 13.2. The van der Waals surface area contributed by atoms with Crippen molar-refractivity contribution in [1.29, 1.82) is 0 Å². The molecular weight excluding hydrogens is 297 g/mol. The molecule has 0 saturated carbocycles. The van der Waals surface area contributed by atoms with E-state index in [4.69, 9.17) is 5.73 Å². The number of benzene rings is 2. The van der Waals surface area contributed by atoms with Gasteiger partial charge in [0.2, 0.25) is 5.91 Å². The molecule has 0 aliphatic heterocycles. The van der Waals surface area contributed by atoms with Crippen molar-refractivity contribution in [3.05, 3.63) is 59.4 Å². The Morgan fingerprint density at radius 2 is 1.87 bits per heavy atom. The molecule has 0 atom stereocenters. The number of nitrogens with two attached hydrogens (primary N) is 1. The summed E-state index contributed by atoms with van der Waals surface area (Å²) in [7, 11) is 0. The molecule has 0 spiro atoms. The third-order valence-corrected chi connectivity index (χ3v) is 3.16. The summed E-state index contributed by atoms with van der Waals surface area (Å²) in [5, 5.41) is 5.39. The average Bonchev–Trinajstić information content (AvgIpc) is 2.50. The Balaban J connectivity index is 2.22. The second-order valence-electron chi connectivity index (χ2n) is 5.10. The van der Waals surface area contributed by atoms with Gasteiger partial charge < -0.3 is 16.4 Å². The van der Waals surface area contributed by atoms with Crippen LogP contribution in [0.4, 0.5) is 15.8 Å². The van der Waals surface area contributed by atoms with Gasteiger partial charge in [-0.05, 0) is 42.8 Å². The predicted molar refractivity (Wildman–Crippen MR) is 87.8 cm³/mol. The molecule has 0 heterocycles. The van der Waals surface area contributed by atoms with Crippen LogP contribution in [0.5, 0.6) is 0 Å². The van der Waals surface area contributed by atoms with Gasteiger partial charge in [0.25, 0.3) is 5.91 Å². The van der Waals surface area contributed by atoms with Crippen LogP contribution in [0.3, 0.4) is 0 Å². The number of carbonyl (C=O) groups excluding carboxylic acids is 2. The largest absolute Gasteiger partial charge is 0.330 e. The topological polar surface area (TPSA) is 84.2 Å². The number of hydrogen-bond donors (Lipinski definition) is 3. The Labute approximate surface area is 133 Å². The van der Waals surface area contributed by atoms with E-state index >= 15 is 0 Å². The SMILES string of the molecule is Cc1ccc(NC(=O)c2cccc(F)c2)c(NC(=O)CCN)c1. The van der Waals surface area contributed by atoms with Crippen LogP contribution in [-0.4, -0.2) is 18.4 Å². The molecule has 2 aromatic rings. The first-order valence-electron chi connectivity index (χ1n) is 7.17. The number of anilines is 2. The molecule has 5 nitrogen and oxygen atoms in total. The number of hydrogen-bond acceptors (Lipinski definition) is 3. The minimum Gasteiger partial charge on any atom is -0.330 e. The highest BCUT2D eigenvalue weighted by Crippen LogP contribution is 2.24. The van der Waals surface area contributed by atoms with Crippen LogP contribution in [0.1, 0.15) is 22.3 Å². The van der Waals surface area contributed by atoms with E-state index in [9.17, 15) is 14.0 Å². The van der Waals surface area contributed by atoms with Crippen molar-refractivity contribution in [3.63, 3.8) is 0 Å². The van der Waals surface area contributed by atoms with E-state index in [1.807, 2.05) is 6.92 Å². The fraction of sp³-hybridized carbons (Fsp3) is 0.176. The molecule has 0 saturated heterocycles. The van der Waals surface area contributed by atoms with Crippen molar-refractivity contribution in [2.24, 2.45) is 5.73 Å². The number of rotatable bonds is 5. The average molecular weight is 315 g/mol. The number of halogens is 1. The van der Waals surface area contributed by atoms with Gasteiger partial charge in [-0.2, -0.15) is 0 Å². The summed E-state index contributed by atoms with van der Waals surface area (Å²) in [6.45, 7) is 2.11. The zero-order valence-corrected chi connectivity index (χ0v) is 12.7. The summed E-state index contributed by atoms with van der Waals surface area (Å²) in [6, 6.07) is 10.6. The lowest BCUT2D eigenvalue weighted by Gasteiger charge is -2.13. The quantitative estimate of drug-likeness (QED) is 0.793. The van der Waals surface area contributed by atoms with Gasteiger partial charge in [-0.1, -0.05) is 12.1 Å². The first-order valence-corrected chi connectivity index (χ1v) is 7.17. The molecule has 23 heavy (non-hydrogen) atoms. The van der Waals surface area contributed by atoms with E-state index in [1.54, 1.807) is 18.2 Å². The predicted octanol–water partition coefficient (Wildman–Crippen LogP) is 2.67. The Hall–Kier alpha value is -2.73. The zero-order chi connectivity index (χ0) is 16.8. The molecule has 0 fully saturated rings. The molecule has 0 aromatic heterocycles. The molecule has 0 radical (unpaired) electrons. The lowest BCUT2D eigenvalue weighted by Crippen LogP contribution is -2.19. The number of carbonyl (C=O) groups is 2. The highest BCUT2D eigenvalue weighted by molar-refractivity contribution is 6.07. The fourth-order valence-corrected chi connectivity index (χ4v) is 2.04. The Morgan fingerprint density at radius 1 is 1.09 bits per heavy atom. The van der Waals surface area contributed by atoms with Crippen LogP contribution in [0.25, 0.3) is 0 Å². The summed E-state index contributed by atoms with van der Waals surface area (Å²) in [5.41, 5.74) is 7.40. The minimum absolute atomic E-state index is 0.186. The molecular formula is C17H18FN3O2. The minimum atomic E-state index is -0.488. The van der Waals surface area contributed by atoms with E-state index in [2.05, 4.69) is 10.6 Å². The van der Waals surface area contributed by atoms with Gasteiger partial charge >= 0.3 is 0 Å². The third-order valence-electron chi connectivity index (χ3n) is 3.16. The summed E-state index contributed by atoms with van der Waals surface area (Å²) >= 11 is 0. The van der Waals surface area contributed by atoms with Crippen molar-refractivity contribution in [3.8, 4) is 0 Å². The van der Waals surface area contributed by atoms with Crippen molar-refractivity contribution < 1.29 is 14.0 Å². The van der Waals surface area contributed by atoms with Gasteiger partial charge in [-0.15, -0.1) is 0 Å². The molecule has 6 heteroatoms. The van der Waals surface area contributed by atoms with Gasteiger partial charge in [0.1, 0.15) is 5.82 Å². The lowest BCUT2D eigenvalue weighted by molar-refractivity contribution is -0.116. The normalized spacial score (nSPS) is 10.2. The Kier molecular flexibility index (Phi) is 5.43. The number of amides is 2. The summed E-state index contributed by atoms with van der Waals surface area (Å²) in [4.78, 5) is 23.9. The van der Waals surface area contributed by atoms with Crippen molar-refractivity contribution in [2.75, 3.05) is 17.2 Å². The first-order chi connectivity index (χ1) is 11.0. The van der Waals surface area contributed by atoms with Crippen molar-refractivity contribution in [1.82, 2.24) is 0 Å². The number of nitrogens with one attached hydrogen (secondary N) is 2. The van der Waals surface area contributed by atoms with E-state index in [0.717, 1.165) is 11.6 Å². The molecule has 0 aliphatic carbocycles. The van der Waals surface area contributed by atoms with Crippen molar-refractivity contribution >= 4 is 23.2 Å². The van der Waals surface area contributed by atoms with Crippen LogP contribution in [-0.2, 0) is 4.79 Å². The van der Waals surface area contributed by atoms with Crippen LogP contribution in [0.2, 0.25) is 0 Å². The molecule has 0 bridgehead atoms. The van der Waals surface area contributed by atoms with Gasteiger partial charge in [0, 0.05) is 18.5 Å². The second kappa shape index (κ2) is 7.51. The first kappa shape index (κ1) is 16.6. The van der Waals surface area contributed by atoms with E-state index in [0.29, 0.717) is 11.4 Å². The smallest absolute Gasteiger partial charge is 0.255 e. The van der Waals surface area contributed by atoms with Gasteiger partial charge in [0.05, 0.1) is 11.4 Å². The third kappa shape index (κ3) is 4.62. The van der Waals surface area contributed by atoms with Crippen LogP contribution in [0.15, 0.2) is 42.5 Å². The van der Waals surface area contributed by atoms with Crippen LogP contribution in [0, 0.1) is 12.7 Å². The maximum Gasteiger partial charge on any atom is 0.255 e. The van der Waals surface area contributed by atoms with Crippen molar-refractivity contribution in [2.45, 2.75) is 13.3 Å². The van der Waals surface area contributed by atoms with Gasteiger partial charge in [-0.25, -0.2) is 4.39 Å². The molecule has 2 amide bonds. The number of aryl methyl sites for hydroxylation is 1. The molecule has 2 aromatic carbocycles. The maximum absolute atomic E-state index is 13.2. The molecule has 0 aliphatic rings. The van der Waals surface area contributed by atoms with E-state index < -0.39 is 11.7 Å². The van der Waals surface area contributed by atoms with Gasteiger partial charge in [0.15, 0.2) is 0 Å². The van der Waals surface area contributed by atoms with Gasteiger partial charge in [-0.3, -0.25) is 9.59 Å².